The molecule has 0 aromatic carbocycles. The van der Waals surface area contributed by atoms with Gasteiger partial charge in [0.25, 0.3) is 5.78 Å². The van der Waals surface area contributed by atoms with Gasteiger partial charge >= 0.3 is 0 Å². The van der Waals surface area contributed by atoms with Crippen LogP contribution >= 0.6 is 0 Å². The molecule has 0 aromatic rings. The van der Waals surface area contributed by atoms with Gasteiger partial charge in [0.2, 0.25) is 0 Å². The molecule has 0 spiro atoms. The lowest BCUT2D eigenvalue weighted by Gasteiger charge is -2.16. The van der Waals surface area contributed by atoms with Gasteiger partial charge in [-0.05, 0) is 5.92 Å². The van der Waals surface area contributed by atoms with E-state index < -0.39 is 0 Å². The molecule has 18 heavy (non-hydrogen) atoms. The average molecular weight is 248 g/mol. The quantitative estimate of drug-likeness (QED) is 0.663. The van der Waals surface area contributed by atoms with E-state index in [1.165, 1.54) is 0 Å². The number of carbonyl (C=O) groups is 2. The maximum Gasteiger partial charge on any atom is 0.262 e. The third-order valence-electron chi connectivity index (χ3n) is 3.84. The molecule has 0 bridgehead atoms. The van der Waals surface area contributed by atoms with Crippen LogP contribution in [-0.2, 0) is 19.1 Å². The Bertz CT molecular complexity index is 510. The molecule has 4 nitrogen and oxygen atoms in total. The molecule has 2 aliphatic heterocycles. The molecular formula is C14H16O4. The fourth-order valence-corrected chi connectivity index (χ4v) is 2.69. The summed E-state index contributed by atoms with van der Waals surface area (Å²) < 4.78 is 11.0. The Morgan fingerprint density at radius 1 is 1.17 bits per heavy atom. The van der Waals surface area contributed by atoms with Crippen LogP contribution in [0.5, 0.6) is 0 Å². The van der Waals surface area contributed by atoms with Gasteiger partial charge in [-0.3, -0.25) is 9.59 Å². The van der Waals surface area contributed by atoms with E-state index in [9.17, 15) is 9.59 Å². The van der Waals surface area contributed by atoms with Crippen molar-refractivity contribution < 1.29 is 19.1 Å². The predicted octanol–water partition coefficient (Wildman–Crippen LogP) is 1.76. The fraction of sp³-hybridized carbons (Fsp3) is 0.571. The molecule has 0 saturated carbocycles. The van der Waals surface area contributed by atoms with Crippen LogP contribution in [0.25, 0.3) is 0 Å². The molecule has 0 N–H and O–H groups in total. The van der Waals surface area contributed by atoms with E-state index in [0.29, 0.717) is 24.2 Å². The molecule has 0 saturated heterocycles. The van der Waals surface area contributed by atoms with E-state index in [1.54, 1.807) is 0 Å². The summed E-state index contributed by atoms with van der Waals surface area (Å²) >= 11 is 0. The highest BCUT2D eigenvalue weighted by molar-refractivity contribution is 6.24. The molecule has 96 valence electrons. The minimum absolute atomic E-state index is 0.00333. The number of hydrogen-bond acceptors (Lipinski definition) is 4. The first-order valence-corrected chi connectivity index (χ1v) is 6.36. The number of ketones is 2. The van der Waals surface area contributed by atoms with E-state index >= 15 is 0 Å². The third kappa shape index (κ3) is 1.38. The molecule has 1 aliphatic carbocycles. The van der Waals surface area contributed by atoms with Crippen LogP contribution < -0.4 is 0 Å². The summed E-state index contributed by atoms with van der Waals surface area (Å²) in [5.41, 5.74) is 1.10. The number of rotatable bonds is 1. The molecular weight excluding hydrogens is 232 g/mol. The van der Waals surface area contributed by atoms with Gasteiger partial charge in [0.15, 0.2) is 17.3 Å². The molecule has 2 atom stereocenters. The summed E-state index contributed by atoms with van der Waals surface area (Å²) in [6.45, 7) is 6.38. The second-order valence-electron chi connectivity index (χ2n) is 5.53. The number of carbonyl (C=O) groups excluding carboxylic acids is 2. The maximum atomic E-state index is 12.4. The zero-order chi connectivity index (χ0) is 13.0. The number of hydrogen-bond donors (Lipinski definition) is 0. The summed E-state index contributed by atoms with van der Waals surface area (Å²) in [6.07, 6.45) is 0.472. The van der Waals surface area contributed by atoms with Crippen LogP contribution in [-0.4, -0.2) is 24.3 Å². The van der Waals surface area contributed by atoms with Gasteiger partial charge in [0, 0.05) is 17.9 Å². The minimum Gasteiger partial charge on any atom is -0.488 e. The van der Waals surface area contributed by atoms with Gasteiger partial charge in [0.1, 0.15) is 6.10 Å². The molecule has 0 radical (unpaired) electrons. The van der Waals surface area contributed by atoms with Gasteiger partial charge < -0.3 is 9.47 Å². The fourth-order valence-electron chi connectivity index (χ4n) is 2.69. The Morgan fingerprint density at radius 3 is 2.56 bits per heavy atom. The lowest BCUT2D eigenvalue weighted by atomic mass is 9.86. The monoisotopic (exact) mass is 248 g/mol. The van der Waals surface area contributed by atoms with Gasteiger partial charge in [0.05, 0.1) is 12.2 Å². The van der Waals surface area contributed by atoms with E-state index in [4.69, 9.17) is 9.47 Å². The molecule has 0 fully saturated rings. The van der Waals surface area contributed by atoms with Gasteiger partial charge in [-0.25, -0.2) is 0 Å². The van der Waals surface area contributed by atoms with Crippen LogP contribution in [0, 0.1) is 11.8 Å². The minimum atomic E-state index is -0.243. The summed E-state index contributed by atoms with van der Waals surface area (Å²) in [6, 6.07) is 0. The van der Waals surface area contributed by atoms with Crippen molar-refractivity contribution in [1.82, 2.24) is 0 Å². The highest BCUT2D eigenvalue weighted by Gasteiger charge is 2.46. The first-order chi connectivity index (χ1) is 8.50. The van der Waals surface area contributed by atoms with Crippen LogP contribution in [0.3, 0.4) is 0 Å². The Balaban J connectivity index is 1.98. The normalized spacial score (nSPS) is 30.7. The van der Waals surface area contributed by atoms with Crippen molar-refractivity contribution >= 4 is 11.6 Å². The van der Waals surface area contributed by atoms with Crippen LogP contribution in [0.1, 0.15) is 27.2 Å². The van der Waals surface area contributed by atoms with Crippen LogP contribution in [0.15, 0.2) is 22.7 Å². The zero-order valence-electron chi connectivity index (χ0n) is 10.8. The first-order valence-electron chi connectivity index (χ1n) is 6.36. The van der Waals surface area contributed by atoms with E-state index in [1.807, 2.05) is 20.8 Å². The maximum absolute atomic E-state index is 12.4. The molecule has 2 heterocycles. The molecule has 3 rings (SSSR count). The summed E-state index contributed by atoms with van der Waals surface area (Å²) in [5.74, 6) is 0.440. The van der Waals surface area contributed by atoms with Crippen molar-refractivity contribution in [3.8, 4) is 0 Å². The second kappa shape index (κ2) is 3.70. The summed E-state index contributed by atoms with van der Waals surface area (Å²) in [4.78, 5) is 24.6. The predicted molar refractivity (Wildman–Crippen MR) is 63.5 cm³/mol. The number of ether oxygens (including phenoxy) is 2. The summed E-state index contributed by atoms with van der Waals surface area (Å²) in [5, 5.41) is 0. The molecule has 0 aromatic heterocycles. The third-order valence-corrected chi connectivity index (χ3v) is 3.84. The van der Waals surface area contributed by atoms with Crippen LogP contribution in [0.4, 0.5) is 0 Å². The smallest absolute Gasteiger partial charge is 0.262 e. The Morgan fingerprint density at radius 2 is 1.89 bits per heavy atom. The zero-order valence-corrected chi connectivity index (χ0v) is 10.8. The lowest BCUT2D eigenvalue weighted by molar-refractivity contribution is -0.121. The van der Waals surface area contributed by atoms with Crippen molar-refractivity contribution in [3.63, 3.8) is 0 Å². The second-order valence-corrected chi connectivity index (χ2v) is 5.53. The largest absolute Gasteiger partial charge is 0.488 e. The molecule has 3 aliphatic rings. The molecule has 2 unspecified atom stereocenters. The standard InChI is InChI=1S/C14H16O4/c1-6(2)9-4-8-11(15)10-7(3)5-17-14(10)12(16)13(8)18-9/h6-7,9H,4-5H2,1-3H3. The van der Waals surface area contributed by atoms with Crippen molar-refractivity contribution in [1.29, 1.82) is 0 Å². The Hall–Kier alpha value is -1.58. The van der Waals surface area contributed by atoms with Crippen LogP contribution in [0.2, 0.25) is 0 Å². The van der Waals surface area contributed by atoms with Crippen molar-refractivity contribution in [3.05, 3.63) is 22.7 Å². The highest BCUT2D eigenvalue weighted by Crippen LogP contribution is 2.41. The molecule has 4 heteroatoms. The topological polar surface area (TPSA) is 52.6 Å². The first kappa shape index (κ1) is 11.5. The van der Waals surface area contributed by atoms with Gasteiger partial charge in [-0.1, -0.05) is 20.8 Å². The highest BCUT2D eigenvalue weighted by atomic mass is 16.5. The number of Topliss-reactive ketones (excluding diaryl/α,β-unsaturated/α-hetero) is 2. The SMILES string of the molecule is CC1COC2=C1C(=O)C1=C(OC(C(C)C)C1)C2=O. The van der Waals surface area contributed by atoms with Crippen molar-refractivity contribution in [2.45, 2.75) is 33.3 Å². The van der Waals surface area contributed by atoms with E-state index in [-0.39, 0.29) is 41.0 Å². The average Bonchev–Trinajstić information content (AvgIpc) is 2.90. The van der Waals surface area contributed by atoms with E-state index in [2.05, 4.69) is 0 Å². The summed E-state index contributed by atoms with van der Waals surface area (Å²) in [7, 11) is 0. The Kier molecular flexibility index (Phi) is 2.37. The van der Waals surface area contributed by atoms with E-state index in [0.717, 1.165) is 0 Å². The van der Waals surface area contributed by atoms with Crippen molar-refractivity contribution in [2.75, 3.05) is 6.61 Å². The Labute approximate surface area is 106 Å². The van der Waals surface area contributed by atoms with Gasteiger partial charge in [-0.2, -0.15) is 0 Å². The van der Waals surface area contributed by atoms with Gasteiger partial charge in [-0.15, -0.1) is 0 Å². The lowest BCUT2D eigenvalue weighted by Crippen LogP contribution is -2.22. The van der Waals surface area contributed by atoms with Crippen molar-refractivity contribution in [2.24, 2.45) is 11.8 Å². The molecule has 0 amide bonds.